The molecule has 0 aromatic carbocycles. The van der Waals surface area contributed by atoms with Gasteiger partial charge in [0.2, 0.25) is 0 Å². The summed E-state index contributed by atoms with van der Waals surface area (Å²) in [5.41, 5.74) is -1.71. The van der Waals surface area contributed by atoms with Crippen LogP contribution in [0.4, 0.5) is 13.2 Å². The van der Waals surface area contributed by atoms with Crippen molar-refractivity contribution >= 4 is 17.3 Å². The average Bonchev–Trinajstić information content (AvgIpc) is 2.49. The maximum absolute atomic E-state index is 12.5. The van der Waals surface area contributed by atoms with Crippen LogP contribution in [-0.4, -0.2) is 11.1 Å². The first-order chi connectivity index (χ1) is 6.67. The van der Waals surface area contributed by atoms with Gasteiger partial charge in [-0.3, -0.25) is 4.79 Å². The van der Waals surface area contributed by atoms with Gasteiger partial charge in [-0.15, -0.1) is 11.3 Å². The molecule has 0 radical (unpaired) electrons. The van der Waals surface area contributed by atoms with Gasteiger partial charge in [-0.05, 0) is 30.9 Å². The normalized spacial score (nSPS) is 12.9. The van der Waals surface area contributed by atoms with Crippen LogP contribution < -0.4 is 0 Å². The summed E-state index contributed by atoms with van der Waals surface area (Å²) in [5.74, 6) is -1.27. The van der Waals surface area contributed by atoms with E-state index in [0.29, 0.717) is 11.3 Å². The molecule has 1 aromatic heterocycles. The Kier molecular flexibility index (Phi) is 2.82. The Labute approximate surface area is 88.3 Å². The van der Waals surface area contributed by atoms with E-state index < -0.39 is 22.4 Å². The van der Waals surface area contributed by atoms with Gasteiger partial charge in [-0.1, -0.05) is 0 Å². The molecule has 0 fully saturated rings. The van der Waals surface area contributed by atoms with Crippen molar-refractivity contribution in [2.75, 3.05) is 0 Å². The van der Waals surface area contributed by atoms with Gasteiger partial charge < -0.3 is 5.11 Å². The summed E-state index contributed by atoms with van der Waals surface area (Å²) < 4.78 is 37.5. The highest BCUT2D eigenvalue weighted by Crippen LogP contribution is 2.41. The number of carboxylic acid groups (broad SMARTS) is 1. The number of rotatable bonds is 2. The van der Waals surface area contributed by atoms with E-state index in [-0.39, 0.29) is 5.56 Å². The van der Waals surface area contributed by atoms with Crippen molar-refractivity contribution in [2.45, 2.75) is 25.4 Å². The van der Waals surface area contributed by atoms with E-state index in [1.807, 2.05) is 0 Å². The van der Waals surface area contributed by atoms with Gasteiger partial charge in [0, 0.05) is 0 Å². The fourth-order valence-corrected chi connectivity index (χ4v) is 2.06. The molecular weight excluding hydrogens is 229 g/mol. The molecule has 0 amide bonds. The van der Waals surface area contributed by atoms with Crippen molar-refractivity contribution in [3.8, 4) is 0 Å². The lowest BCUT2D eigenvalue weighted by Gasteiger charge is -2.20. The highest BCUT2D eigenvalue weighted by atomic mass is 32.1. The minimum atomic E-state index is -4.49. The van der Waals surface area contributed by atoms with Crippen molar-refractivity contribution < 1.29 is 23.1 Å². The van der Waals surface area contributed by atoms with Crippen LogP contribution in [0.5, 0.6) is 0 Å². The number of hydrogen-bond donors (Lipinski definition) is 1. The second-order valence-corrected chi connectivity index (χ2v) is 4.51. The largest absolute Gasteiger partial charge is 0.481 e. The number of carbonyl (C=O) groups is 1. The highest BCUT2D eigenvalue weighted by molar-refractivity contribution is 7.10. The second-order valence-electron chi connectivity index (χ2n) is 3.59. The van der Waals surface area contributed by atoms with E-state index in [9.17, 15) is 18.0 Å². The molecule has 84 valence electrons. The summed E-state index contributed by atoms with van der Waals surface area (Å²) in [4.78, 5) is 10.00. The molecule has 0 bridgehead atoms. The highest BCUT2D eigenvalue weighted by Gasteiger charge is 2.42. The van der Waals surface area contributed by atoms with Gasteiger partial charge in [-0.2, -0.15) is 13.2 Å². The van der Waals surface area contributed by atoms with Crippen molar-refractivity contribution in [1.82, 2.24) is 0 Å². The van der Waals surface area contributed by atoms with Crippen LogP contribution in [0.1, 0.15) is 24.3 Å². The predicted molar refractivity (Wildman–Crippen MR) is 50.0 cm³/mol. The third-order valence-electron chi connectivity index (χ3n) is 2.13. The first-order valence-electron chi connectivity index (χ1n) is 4.06. The van der Waals surface area contributed by atoms with Crippen LogP contribution in [0.15, 0.2) is 11.4 Å². The smallest absolute Gasteiger partial charge is 0.425 e. The zero-order chi connectivity index (χ0) is 11.9. The summed E-state index contributed by atoms with van der Waals surface area (Å²) in [6.45, 7) is 2.51. The molecule has 1 aromatic rings. The SMILES string of the molecule is CC(C)(C(=O)O)c1ccsc1C(F)(F)F. The summed E-state index contributed by atoms with van der Waals surface area (Å²) in [6.07, 6.45) is -4.49. The molecule has 6 heteroatoms. The van der Waals surface area contributed by atoms with Crippen LogP contribution in [0.3, 0.4) is 0 Å². The number of aliphatic carboxylic acids is 1. The quantitative estimate of drug-likeness (QED) is 0.859. The first-order valence-corrected chi connectivity index (χ1v) is 4.94. The van der Waals surface area contributed by atoms with Gasteiger partial charge in [0.15, 0.2) is 0 Å². The van der Waals surface area contributed by atoms with Crippen molar-refractivity contribution in [1.29, 1.82) is 0 Å². The molecule has 0 saturated heterocycles. The third kappa shape index (κ3) is 2.14. The van der Waals surface area contributed by atoms with Crippen molar-refractivity contribution in [2.24, 2.45) is 0 Å². The summed E-state index contributed by atoms with van der Waals surface area (Å²) in [7, 11) is 0. The van der Waals surface area contributed by atoms with E-state index in [1.165, 1.54) is 25.3 Å². The Morgan fingerprint density at radius 2 is 1.93 bits per heavy atom. The molecule has 0 atom stereocenters. The standard InChI is InChI=1S/C9H9F3O2S/c1-8(2,7(13)14)5-3-4-15-6(5)9(10,11)12/h3-4H,1-2H3,(H,13,14). The molecule has 0 aliphatic carbocycles. The van der Waals surface area contributed by atoms with Crippen molar-refractivity contribution in [3.63, 3.8) is 0 Å². The summed E-state index contributed by atoms with van der Waals surface area (Å²) >= 11 is 0.512. The van der Waals surface area contributed by atoms with Gasteiger partial charge in [0.05, 0.1) is 5.41 Å². The monoisotopic (exact) mass is 238 g/mol. The maximum Gasteiger partial charge on any atom is 0.425 e. The number of halogens is 3. The van der Waals surface area contributed by atoms with E-state index in [4.69, 9.17) is 5.11 Å². The molecule has 0 aliphatic rings. The van der Waals surface area contributed by atoms with E-state index in [1.54, 1.807) is 0 Å². The van der Waals surface area contributed by atoms with Gasteiger partial charge >= 0.3 is 12.1 Å². The van der Waals surface area contributed by atoms with Crippen LogP contribution in [0.25, 0.3) is 0 Å². The molecular formula is C9H9F3O2S. The van der Waals surface area contributed by atoms with E-state index in [2.05, 4.69) is 0 Å². The molecule has 0 unspecified atom stereocenters. The zero-order valence-corrected chi connectivity index (χ0v) is 8.87. The maximum atomic E-state index is 12.5. The number of hydrogen-bond acceptors (Lipinski definition) is 2. The lowest BCUT2D eigenvalue weighted by atomic mass is 9.85. The third-order valence-corrected chi connectivity index (χ3v) is 3.09. The fourth-order valence-electron chi connectivity index (χ4n) is 1.14. The summed E-state index contributed by atoms with van der Waals surface area (Å²) in [5, 5.41) is 10.1. The molecule has 15 heavy (non-hydrogen) atoms. The van der Waals surface area contributed by atoms with Gasteiger partial charge in [0.1, 0.15) is 4.88 Å². The molecule has 1 rings (SSSR count). The van der Waals surface area contributed by atoms with Crippen molar-refractivity contribution in [3.05, 3.63) is 21.9 Å². The molecule has 1 heterocycles. The minimum Gasteiger partial charge on any atom is -0.481 e. The second kappa shape index (κ2) is 3.52. The Hall–Kier alpha value is -1.04. The Balaban J connectivity index is 3.28. The zero-order valence-electron chi connectivity index (χ0n) is 8.05. The fraction of sp³-hybridized carbons (Fsp3) is 0.444. The summed E-state index contributed by atoms with van der Waals surface area (Å²) in [6, 6.07) is 1.21. The van der Waals surface area contributed by atoms with Gasteiger partial charge in [0.25, 0.3) is 0 Å². The molecule has 2 nitrogen and oxygen atoms in total. The van der Waals surface area contributed by atoms with Crippen LogP contribution in [0, 0.1) is 0 Å². The Morgan fingerprint density at radius 3 is 2.33 bits per heavy atom. The molecule has 0 spiro atoms. The number of alkyl halides is 3. The Morgan fingerprint density at radius 1 is 1.40 bits per heavy atom. The topological polar surface area (TPSA) is 37.3 Å². The van der Waals surface area contributed by atoms with Crippen LogP contribution >= 0.6 is 11.3 Å². The lowest BCUT2D eigenvalue weighted by Crippen LogP contribution is -2.30. The molecule has 0 saturated carbocycles. The van der Waals surface area contributed by atoms with Gasteiger partial charge in [-0.25, -0.2) is 0 Å². The van der Waals surface area contributed by atoms with Crippen LogP contribution in [-0.2, 0) is 16.4 Å². The van der Waals surface area contributed by atoms with Crippen LogP contribution in [0.2, 0.25) is 0 Å². The lowest BCUT2D eigenvalue weighted by molar-refractivity contribution is -0.144. The number of carboxylic acids is 1. The molecule has 1 N–H and O–H groups in total. The predicted octanol–water partition coefficient (Wildman–Crippen LogP) is 3.13. The first kappa shape index (κ1) is 12.0. The Bertz CT molecular complexity index is 379. The minimum absolute atomic E-state index is 0.187. The van der Waals surface area contributed by atoms with E-state index >= 15 is 0 Å². The molecule has 0 aliphatic heterocycles. The number of thiophene rings is 1. The average molecular weight is 238 g/mol. The van der Waals surface area contributed by atoms with E-state index in [0.717, 1.165) is 0 Å².